The molecule has 2 nitrogen and oxygen atoms in total. The summed E-state index contributed by atoms with van der Waals surface area (Å²) in [5, 5.41) is 0. The third-order valence-electron chi connectivity index (χ3n) is 2.87. The number of aromatic nitrogens is 1. The molecule has 1 aliphatic rings. The molecule has 0 aromatic carbocycles. The van der Waals surface area contributed by atoms with E-state index in [9.17, 15) is 4.39 Å². The lowest BCUT2D eigenvalue weighted by atomic mass is 9.98. The molecule has 88 valence electrons. The van der Waals surface area contributed by atoms with Gasteiger partial charge in [0.2, 0.25) is 5.88 Å². The van der Waals surface area contributed by atoms with E-state index in [1.165, 1.54) is 31.5 Å². The van der Waals surface area contributed by atoms with E-state index in [1.807, 2.05) is 0 Å². The smallest absolute Gasteiger partial charge is 0.218 e. The van der Waals surface area contributed by atoms with E-state index in [0.717, 1.165) is 12.8 Å². The summed E-state index contributed by atoms with van der Waals surface area (Å²) in [6.07, 6.45) is 7.17. The second kappa shape index (κ2) is 5.48. The molecule has 0 bridgehead atoms. The number of halogens is 2. The molecule has 1 aromatic heterocycles. The first-order chi connectivity index (χ1) is 7.79. The van der Waals surface area contributed by atoms with Crippen LogP contribution in [0.15, 0.2) is 12.3 Å². The van der Waals surface area contributed by atoms with Crippen molar-refractivity contribution in [3.05, 3.63) is 23.6 Å². The fourth-order valence-electron chi connectivity index (χ4n) is 2.01. The maximum Gasteiger partial charge on any atom is 0.218 e. The summed E-state index contributed by atoms with van der Waals surface area (Å²) < 4.78 is 18.7. The predicted octanol–water partition coefficient (Wildman–Crippen LogP) is 3.67. The lowest BCUT2D eigenvalue weighted by molar-refractivity contribution is 0.147. The summed E-state index contributed by atoms with van der Waals surface area (Å²) in [6, 6.07) is 1.39. The molecular weight excluding hydrogens is 229 g/mol. The van der Waals surface area contributed by atoms with E-state index in [0.29, 0.717) is 11.4 Å². The zero-order valence-corrected chi connectivity index (χ0v) is 9.84. The van der Waals surface area contributed by atoms with E-state index in [2.05, 4.69) is 4.98 Å². The number of nitrogens with zero attached hydrogens (tertiary/aromatic N) is 1. The first-order valence-corrected chi connectivity index (χ1v) is 6.20. The molecule has 0 unspecified atom stereocenters. The topological polar surface area (TPSA) is 22.1 Å². The second-order valence-electron chi connectivity index (χ2n) is 4.13. The molecule has 4 heteroatoms. The van der Waals surface area contributed by atoms with Gasteiger partial charge in [0.15, 0.2) is 0 Å². The average Bonchev–Trinajstić information content (AvgIpc) is 2.33. The van der Waals surface area contributed by atoms with Gasteiger partial charge in [-0.1, -0.05) is 6.42 Å². The highest BCUT2D eigenvalue weighted by Crippen LogP contribution is 2.25. The van der Waals surface area contributed by atoms with Crippen molar-refractivity contribution in [2.45, 2.75) is 44.1 Å². The molecule has 1 fully saturated rings. The summed E-state index contributed by atoms with van der Waals surface area (Å²) in [7, 11) is 0. The predicted molar refractivity (Wildman–Crippen MR) is 61.3 cm³/mol. The molecule has 1 saturated carbocycles. The Morgan fingerprint density at radius 2 is 2.12 bits per heavy atom. The zero-order chi connectivity index (χ0) is 11.4. The van der Waals surface area contributed by atoms with E-state index in [1.54, 1.807) is 0 Å². The number of rotatable bonds is 3. The van der Waals surface area contributed by atoms with Crippen LogP contribution in [0.25, 0.3) is 0 Å². The fourth-order valence-corrected chi connectivity index (χ4v) is 2.20. The van der Waals surface area contributed by atoms with Crippen molar-refractivity contribution < 1.29 is 9.13 Å². The van der Waals surface area contributed by atoms with E-state index < -0.39 is 0 Å². The maximum atomic E-state index is 12.9. The Bertz CT molecular complexity index is 353. The van der Waals surface area contributed by atoms with Crippen LogP contribution in [0, 0.1) is 5.82 Å². The summed E-state index contributed by atoms with van der Waals surface area (Å²) in [6.45, 7) is 0. The normalized spacial score (nSPS) is 17.4. The van der Waals surface area contributed by atoms with Gasteiger partial charge in [-0.3, -0.25) is 0 Å². The monoisotopic (exact) mass is 243 g/mol. The number of hydrogen-bond acceptors (Lipinski definition) is 2. The molecule has 0 atom stereocenters. The van der Waals surface area contributed by atoms with Crippen LogP contribution >= 0.6 is 11.6 Å². The standard InChI is InChI=1S/C12H15ClFNO/c13-7-9-6-10(14)8-15-12(9)16-11-4-2-1-3-5-11/h6,8,11H,1-5,7H2. The van der Waals surface area contributed by atoms with Crippen molar-refractivity contribution in [3.63, 3.8) is 0 Å². The van der Waals surface area contributed by atoms with Gasteiger partial charge in [0, 0.05) is 5.56 Å². The molecule has 0 aliphatic heterocycles. The van der Waals surface area contributed by atoms with Crippen LogP contribution in [-0.4, -0.2) is 11.1 Å². The Hall–Kier alpha value is -0.830. The average molecular weight is 244 g/mol. The van der Waals surface area contributed by atoms with Crippen molar-refractivity contribution in [2.24, 2.45) is 0 Å². The SMILES string of the molecule is Fc1cnc(OC2CCCCC2)c(CCl)c1. The highest BCUT2D eigenvalue weighted by Gasteiger charge is 2.17. The molecule has 0 N–H and O–H groups in total. The van der Waals surface area contributed by atoms with Gasteiger partial charge in [0.05, 0.1) is 12.1 Å². The van der Waals surface area contributed by atoms with Crippen LogP contribution in [0.4, 0.5) is 4.39 Å². The summed E-state index contributed by atoms with van der Waals surface area (Å²) in [5.74, 6) is 0.349. The van der Waals surface area contributed by atoms with Crippen molar-refractivity contribution in [2.75, 3.05) is 0 Å². The van der Waals surface area contributed by atoms with Crippen LogP contribution in [0.3, 0.4) is 0 Å². The lowest BCUT2D eigenvalue weighted by Crippen LogP contribution is -2.20. The molecule has 0 saturated heterocycles. The Labute approximate surface area is 99.8 Å². The Morgan fingerprint density at radius 1 is 1.38 bits per heavy atom. The number of pyridine rings is 1. The van der Waals surface area contributed by atoms with Gasteiger partial charge in [-0.2, -0.15) is 0 Å². The zero-order valence-electron chi connectivity index (χ0n) is 9.09. The molecule has 1 aromatic rings. The van der Waals surface area contributed by atoms with Gasteiger partial charge in [-0.25, -0.2) is 9.37 Å². The third-order valence-corrected chi connectivity index (χ3v) is 3.15. The minimum absolute atomic E-state index is 0.216. The minimum atomic E-state index is -0.369. The first-order valence-electron chi connectivity index (χ1n) is 5.66. The highest BCUT2D eigenvalue weighted by atomic mass is 35.5. The highest BCUT2D eigenvalue weighted by molar-refractivity contribution is 6.17. The van der Waals surface area contributed by atoms with Crippen molar-refractivity contribution in [3.8, 4) is 5.88 Å². The number of hydrogen-bond donors (Lipinski definition) is 0. The second-order valence-corrected chi connectivity index (χ2v) is 4.40. The Morgan fingerprint density at radius 3 is 2.81 bits per heavy atom. The van der Waals surface area contributed by atoms with E-state index >= 15 is 0 Å². The largest absolute Gasteiger partial charge is 0.474 e. The van der Waals surface area contributed by atoms with Crippen LogP contribution in [0.1, 0.15) is 37.7 Å². The Kier molecular flexibility index (Phi) is 3.99. The fraction of sp³-hybridized carbons (Fsp3) is 0.583. The number of ether oxygens (including phenoxy) is 1. The summed E-state index contributed by atoms with van der Waals surface area (Å²) in [4.78, 5) is 3.96. The van der Waals surface area contributed by atoms with Gasteiger partial charge < -0.3 is 4.74 Å². The lowest BCUT2D eigenvalue weighted by Gasteiger charge is -2.23. The summed E-state index contributed by atoms with van der Waals surface area (Å²) in [5.41, 5.74) is 0.632. The van der Waals surface area contributed by atoms with E-state index in [-0.39, 0.29) is 17.8 Å². The number of alkyl halides is 1. The summed E-state index contributed by atoms with van der Waals surface area (Å²) >= 11 is 5.74. The molecule has 2 rings (SSSR count). The van der Waals surface area contributed by atoms with Crippen molar-refractivity contribution in [1.82, 2.24) is 4.98 Å². The van der Waals surface area contributed by atoms with Crippen LogP contribution in [0.2, 0.25) is 0 Å². The van der Waals surface area contributed by atoms with Crippen molar-refractivity contribution in [1.29, 1.82) is 0 Å². The molecular formula is C12H15ClFNO. The van der Waals surface area contributed by atoms with Gasteiger partial charge >= 0.3 is 0 Å². The molecule has 1 aliphatic carbocycles. The van der Waals surface area contributed by atoms with Gasteiger partial charge in [0.25, 0.3) is 0 Å². The van der Waals surface area contributed by atoms with E-state index in [4.69, 9.17) is 16.3 Å². The molecule has 16 heavy (non-hydrogen) atoms. The maximum absolute atomic E-state index is 12.9. The first kappa shape index (κ1) is 11.6. The van der Waals surface area contributed by atoms with Gasteiger partial charge in [-0.15, -0.1) is 11.6 Å². The van der Waals surface area contributed by atoms with Gasteiger partial charge in [-0.05, 0) is 31.7 Å². The molecule has 0 amide bonds. The van der Waals surface area contributed by atoms with Crippen molar-refractivity contribution >= 4 is 11.6 Å². The van der Waals surface area contributed by atoms with Crippen LogP contribution in [0.5, 0.6) is 5.88 Å². The molecule has 0 radical (unpaired) electrons. The Balaban J connectivity index is 2.07. The quantitative estimate of drug-likeness (QED) is 0.756. The molecule has 1 heterocycles. The van der Waals surface area contributed by atoms with Crippen LogP contribution < -0.4 is 4.74 Å². The third kappa shape index (κ3) is 2.85. The van der Waals surface area contributed by atoms with Gasteiger partial charge in [0.1, 0.15) is 11.9 Å². The van der Waals surface area contributed by atoms with Crippen LogP contribution in [-0.2, 0) is 5.88 Å². The minimum Gasteiger partial charge on any atom is -0.474 e. The molecule has 0 spiro atoms.